The van der Waals surface area contributed by atoms with Gasteiger partial charge in [0.2, 0.25) is 0 Å². The summed E-state index contributed by atoms with van der Waals surface area (Å²) in [7, 11) is 0. The van der Waals surface area contributed by atoms with E-state index in [1.807, 2.05) is 5.54 Å². The average molecular weight is 227 g/mol. The second kappa shape index (κ2) is 5.94. The molecule has 0 saturated heterocycles. The lowest BCUT2D eigenvalue weighted by Gasteiger charge is -2.31. The first kappa shape index (κ1) is 11.5. The lowest BCUT2D eigenvalue weighted by Crippen LogP contribution is -2.18. The van der Waals surface area contributed by atoms with E-state index >= 15 is 0 Å². The minimum absolute atomic E-state index is 0.833. The van der Waals surface area contributed by atoms with Crippen molar-refractivity contribution in [2.24, 2.45) is 11.8 Å². The van der Waals surface area contributed by atoms with Crippen molar-refractivity contribution in [2.45, 2.75) is 64.2 Å². The lowest BCUT2D eigenvalue weighted by atomic mass is 9.74. The van der Waals surface area contributed by atoms with Crippen LogP contribution in [-0.4, -0.2) is 0 Å². The van der Waals surface area contributed by atoms with Crippen LogP contribution in [-0.2, 0) is 0 Å². The molecule has 0 spiro atoms. The summed E-state index contributed by atoms with van der Waals surface area (Å²) in [5, 5.41) is 0. The number of allylic oxidation sites excluding steroid dienone is 1. The molecule has 0 heterocycles. The van der Waals surface area contributed by atoms with E-state index in [4.69, 9.17) is 11.6 Å². The topological polar surface area (TPSA) is 0 Å². The molecule has 86 valence electrons. The largest absolute Gasteiger partial charge is 0.0930 e. The van der Waals surface area contributed by atoms with Gasteiger partial charge in [-0.3, -0.25) is 0 Å². The van der Waals surface area contributed by atoms with Gasteiger partial charge in [0.1, 0.15) is 0 Å². The Morgan fingerprint density at radius 1 is 0.733 bits per heavy atom. The van der Waals surface area contributed by atoms with Gasteiger partial charge in [-0.1, -0.05) is 55.7 Å². The predicted molar refractivity (Wildman–Crippen MR) is 67.1 cm³/mol. The van der Waals surface area contributed by atoms with Gasteiger partial charge in [-0.2, -0.15) is 0 Å². The maximum absolute atomic E-state index is 6.07. The van der Waals surface area contributed by atoms with Crippen LogP contribution in [0.25, 0.3) is 0 Å². The highest BCUT2D eigenvalue weighted by Gasteiger charge is 2.25. The molecule has 0 aromatic carbocycles. The minimum atomic E-state index is 0.833. The molecule has 0 unspecified atom stereocenters. The second-order valence-electron chi connectivity index (χ2n) is 5.28. The number of hydrogen-bond acceptors (Lipinski definition) is 0. The van der Waals surface area contributed by atoms with Gasteiger partial charge in [-0.25, -0.2) is 0 Å². The average Bonchev–Trinajstić information content (AvgIpc) is 2.33. The molecule has 0 nitrogen and oxygen atoms in total. The van der Waals surface area contributed by atoms with Crippen LogP contribution in [0.1, 0.15) is 64.2 Å². The van der Waals surface area contributed by atoms with E-state index in [2.05, 4.69) is 0 Å². The van der Waals surface area contributed by atoms with Gasteiger partial charge >= 0.3 is 0 Å². The lowest BCUT2D eigenvalue weighted by molar-refractivity contribution is 0.327. The van der Waals surface area contributed by atoms with Crippen LogP contribution in [0, 0.1) is 11.8 Å². The molecule has 0 atom stereocenters. The Morgan fingerprint density at radius 2 is 1.13 bits per heavy atom. The monoisotopic (exact) mass is 226 g/mol. The number of halogens is 1. The molecule has 15 heavy (non-hydrogen) atoms. The van der Waals surface area contributed by atoms with Crippen LogP contribution >= 0.6 is 11.6 Å². The van der Waals surface area contributed by atoms with Crippen LogP contribution < -0.4 is 0 Å². The van der Waals surface area contributed by atoms with Crippen molar-refractivity contribution < 1.29 is 0 Å². The van der Waals surface area contributed by atoms with Crippen molar-refractivity contribution in [3.8, 4) is 0 Å². The molecule has 0 aromatic heterocycles. The Hall–Kier alpha value is 0.0300. The second-order valence-corrected chi connectivity index (χ2v) is 5.50. The Labute approximate surface area is 99.1 Å². The van der Waals surface area contributed by atoms with Gasteiger partial charge in [-0.15, -0.1) is 0 Å². The normalized spacial score (nSPS) is 25.1. The fraction of sp³-hybridized carbons (Fsp3) is 0.857. The number of hydrogen-bond donors (Lipinski definition) is 0. The quantitative estimate of drug-likeness (QED) is 0.602. The van der Waals surface area contributed by atoms with Crippen LogP contribution in [0.2, 0.25) is 0 Å². The fourth-order valence-corrected chi connectivity index (χ4v) is 3.74. The third-order valence-electron chi connectivity index (χ3n) is 4.28. The van der Waals surface area contributed by atoms with Crippen LogP contribution in [0.5, 0.6) is 0 Å². The standard InChI is InChI=1S/C14H23Cl/c15-11-14(12-7-3-1-4-8-12)13-9-5-2-6-10-13/h11-13H,1-10H2. The van der Waals surface area contributed by atoms with Crippen molar-refractivity contribution in [2.75, 3.05) is 0 Å². The third kappa shape index (κ3) is 3.00. The summed E-state index contributed by atoms with van der Waals surface area (Å²) in [6.07, 6.45) is 14.2. The molecule has 0 N–H and O–H groups in total. The van der Waals surface area contributed by atoms with Gasteiger partial charge in [0.15, 0.2) is 0 Å². The van der Waals surface area contributed by atoms with E-state index in [9.17, 15) is 0 Å². The van der Waals surface area contributed by atoms with Gasteiger partial charge in [0.25, 0.3) is 0 Å². The van der Waals surface area contributed by atoms with E-state index in [-0.39, 0.29) is 0 Å². The van der Waals surface area contributed by atoms with Gasteiger partial charge < -0.3 is 0 Å². The molecular weight excluding hydrogens is 204 g/mol. The molecule has 2 aliphatic carbocycles. The summed E-state index contributed by atoms with van der Waals surface area (Å²) in [6, 6.07) is 0. The van der Waals surface area contributed by atoms with Gasteiger partial charge in [0.05, 0.1) is 0 Å². The third-order valence-corrected chi connectivity index (χ3v) is 4.53. The summed E-state index contributed by atoms with van der Waals surface area (Å²) in [5.41, 5.74) is 3.54. The molecule has 1 heteroatoms. The molecule has 0 aromatic rings. The van der Waals surface area contributed by atoms with Crippen LogP contribution in [0.4, 0.5) is 0 Å². The van der Waals surface area contributed by atoms with E-state index in [0.717, 1.165) is 11.8 Å². The molecule has 0 aliphatic heterocycles. The summed E-state index contributed by atoms with van der Waals surface area (Å²) in [4.78, 5) is 0. The zero-order chi connectivity index (χ0) is 10.5. The van der Waals surface area contributed by atoms with Crippen molar-refractivity contribution in [1.82, 2.24) is 0 Å². The number of rotatable bonds is 2. The zero-order valence-corrected chi connectivity index (χ0v) is 10.4. The molecule has 2 fully saturated rings. The fourth-order valence-electron chi connectivity index (χ4n) is 3.38. The van der Waals surface area contributed by atoms with Crippen molar-refractivity contribution >= 4 is 11.6 Å². The highest BCUT2D eigenvalue weighted by Crippen LogP contribution is 2.39. The SMILES string of the molecule is ClC=C(C1CCCCC1)C1CCCCC1. The molecule has 2 rings (SSSR count). The van der Waals surface area contributed by atoms with E-state index in [1.165, 1.54) is 64.2 Å². The van der Waals surface area contributed by atoms with Crippen molar-refractivity contribution in [3.63, 3.8) is 0 Å². The first-order valence-electron chi connectivity index (χ1n) is 6.72. The maximum atomic E-state index is 6.07. The molecule has 2 saturated carbocycles. The zero-order valence-electron chi connectivity index (χ0n) is 9.68. The van der Waals surface area contributed by atoms with Crippen LogP contribution in [0.3, 0.4) is 0 Å². The highest BCUT2D eigenvalue weighted by atomic mass is 35.5. The summed E-state index contributed by atoms with van der Waals surface area (Å²) >= 11 is 6.07. The summed E-state index contributed by atoms with van der Waals surface area (Å²) in [5.74, 6) is 1.67. The van der Waals surface area contributed by atoms with E-state index in [0.29, 0.717) is 0 Å². The smallest absolute Gasteiger partial charge is 0.00400 e. The maximum Gasteiger partial charge on any atom is 0.00400 e. The summed E-state index contributed by atoms with van der Waals surface area (Å²) in [6.45, 7) is 0. The molecule has 0 radical (unpaired) electrons. The van der Waals surface area contributed by atoms with Gasteiger partial charge in [0, 0.05) is 5.54 Å². The van der Waals surface area contributed by atoms with Crippen molar-refractivity contribution in [1.29, 1.82) is 0 Å². The van der Waals surface area contributed by atoms with E-state index < -0.39 is 0 Å². The van der Waals surface area contributed by atoms with Gasteiger partial charge in [-0.05, 0) is 37.5 Å². The highest BCUT2D eigenvalue weighted by molar-refractivity contribution is 6.25. The molecular formula is C14H23Cl. The Bertz CT molecular complexity index is 187. The van der Waals surface area contributed by atoms with E-state index in [1.54, 1.807) is 5.57 Å². The summed E-state index contributed by atoms with van der Waals surface area (Å²) < 4.78 is 0. The Balaban J connectivity index is 1.95. The minimum Gasteiger partial charge on any atom is -0.0930 e. The Kier molecular flexibility index (Phi) is 4.56. The molecule has 0 amide bonds. The van der Waals surface area contributed by atoms with Crippen LogP contribution in [0.15, 0.2) is 11.1 Å². The van der Waals surface area contributed by atoms with Crippen molar-refractivity contribution in [3.05, 3.63) is 11.1 Å². The predicted octanol–water partition coefficient (Wildman–Crippen LogP) is 5.27. The Morgan fingerprint density at radius 3 is 1.47 bits per heavy atom. The first-order valence-corrected chi connectivity index (χ1v) is 7.15. The molecule has 0 bridgehead atoms. The first-order chi connectivity index (χ1) is 7.42. The molecule has 2 aliphatic rings.